The van der Waals surface area contributed by atoms with Crippen molar-refractivity contribution in [2.45, 2.75) is 6.92 Å². The molecule has 0 spiro atoms. The van der Waals surface area contributed by atoms with Gasteiger partial charge in [0.25, 0.3) is 5.69 Å². The van der Waals surface area contributed by atoms with E-state index in [-0.39, 0.29) is 22.7 Å². The van der Waals surface area contributed by atoms with Crippen LogP contribution in [0.1, 0.15) is 11.1 Å². The highest BCUT2D eigenvalue weighted by molar-refractivity contribution is 5.53. The minimum atomic E-state index is -0.683. The van der Waals surface area contributed by atoms with Crippen LogP contribution in [-0.4, -0.2) is 4.92 Å². The third kappa shape index (κ3) is 2.72. The molecule has 0 radical (unpaired) electrons. The van der Waals surface area contributed by atoms with Gasteiger partial charge in [-0.25, -0.2) is 4.39 Å². The molecule has 0 amide bonds. The summed E-state index contributed by atoms with van der Waals surface area (Å²) < 4.78 is 18.8. The van der Waals surface area contributed by atoms with E-state index in [9.17, 15) is 14.5 Å². The van der Waals surface area contributed by atoms with Crippen LogP contribution in [0.2, 0.25) is 0 Å². The van der Waals surface area contributed by atoms with Gasteiger partial charge in [0.2, 0.25) is 0 Å². The third-order valence-electron chi connectivity index (χ3n) is 2.60. The van der Waals surface area contributed by atoms with Crippen LogP contribution in [0.4, 0.5) is 10.1 Å². The van der Waals surface area contributed by atoms with Crippen LogP contribution in [-0.2, 0) is 0 Å². The Morgan fingerprint density at radius 3 is 2.70 bits per heavy atom. The zero-order valence-electron chi connectivity index (χ0n) is 10.5. The van der Waals surface area contributed by atoms with Crippen molar-refractivity contribution in [3.05, 3.63) is 63.5 Å². The van der Waals surface area contributed by atoms with Gasteiger partial charge in [0.05, 0.1) is 11.0 Å². The first-order valence-electron chi connectivity index (χ1n) is 5.64. The Kier molecular flexibility index (Phi) is 3.62. The summed E-state index contributed by atoms with van der Waals surface area (Å²) in [6.45, 7) is 1.77. The maximum atomic E-state index is 13.5. The monoisotopic (exact) mass is 272 g/mol. The second-order valence-corrected chi connectivity index (χ2v) is 4.08. The van der Waals surface area contributed by atoms with E-state index in [1.807, 2.05) is 0 Å². The quantitative estimate of drug-likeness (QED) is 0.630. The Bertz CT molecular complexity index is 723. The van der Waals surface area contributed by atoms with Crippen LogP contribution in [0.25, 0.3) is 0 Å². The summed E-state index contributed by atoms with van der Waals surface area (Å²) >= 11 is 0. The lowest BCUT2D eigenvalue weighted by Crippen LogP contribution is -1.94. The predicted octanol–water partition coefficient (Wildman–Crippen LogP) is 3.71. The van der Waals surface area contributed by atoms with Gasteiger partial charge in [0.15, 0.2) is 11.6 Å². The largest absolute Gasteiger partial charge is 0.454 e. The molecule has 0 aromatic heterocycles. The number of benzene rings is 2. The molecule has 0 N–H and O–H groups in total. The van der Waals surface area contributed by atoms with Crippen LogP contribution in [0.3, 0.4) is 0 Å². The molecule has 0 saturated carbocycles. The van der Waals surface area contributed by atoms with Crippen molar-refractivity contribution >= 4 is 5.69 Å². The standard InChI is InChI=1S/C14H9FN2O3/c1-9-2-5-12(15)14(6-9)20-11-4-3-10(8-16)13(7-11)17(18)19/h2-7H,1H3. The smallest absolute Gasteiger partial charge is 0.290 e. The summed E-state index contributed by atoms with van der Waals surface area (Å²) in [6, 6.07) is 9.79. The summed E-state index contributed by atoms with van der Waals surface area (Å²) in [5, 5.41) is 19.6. The molecule has 100 valence electrons. The van der Waals surface area contributed by atoms with Crippen LogP contribution < -0.4 is 4.74 Å². The molecule has 0 aliphatic carbocycles. The summed E-state index contributed by atoms with van der Waals surface area (Å²) in [7, 11) is 0. The number of hydrogen-bond donors (Lipinski definition) is 0. The first-order chi connectivity index (χ1) is 9.51. The molecule has 0 aliphatic heterocycles. The Morgan fingerprint density at radius 1 is 1.30 bits per heavy atom. The number of nitro benzene ring substituents is 1. The van der Waals surface area contributed by atoms with Crippen molar-refractivity contribution < 1.29 is 14.1 Å². The fourth-order valence-electron chi connectivity index (χ4n) is 1.64. The van der Waals surface area contributed by atoms with E-state index in [0.717, 1.165) is 11.6 Å². The van der Waals surface area contributed by atoms with Crippen molar-refractivity contribution in [2.75, 3.05) is 0 Å². The van der Waals surface area contributed by atoms with Gasteiger partial charge in [0, 0.05) is 0 Å². The number of nitro groups is 1. The predicted molar refractivity (Wildman–Crippen MR) is 69.0 cm³/mol. The Morgan fingerprint density at radius 2 is 2.05 bits per heavy atom. The molecule has 0 aliphatic rings. The maximum Gasteiger partial charge on any atom is 0.290 e. The van der Waals surface area contributed by atoms with Gasteiger partial charge >= 0.3 is 0 Å². The second kappa shape index (κ2) is 5.36. The summed E-state index contributed by atoms with van der Waals surface area (Å²) in [6.07, 6.45) is 0. The van der Waals surface area contributed by atoms with Crippen LogP contribution in [0.15, 0.2) is 36.4 Å². The second-order valence-electron chi connectivity index (χ2n) is 4.08. The SMILES string of the molecule is Cc1ccc(F)c(Oc2ccc(C#N)c([N+](=O)[O-])c2)c1. The van der Waals surface area contributed by atoms with Gasteiger partial charge in [-0.05, 0) is 36.8 Å². The van der Waals surface area contributed by atoms with E-state index in [2.05, 4.69) is 0 Å². The van der Waals surface area contributed by atoms with Crippen molar-refractivity contribution in [1.29, 1.82) is 5.26 Å². The van der Waals surface area contributed by atoms with E-state index in [1.54, 1.807) is 19.1 Å². The zero-order valence-corrected chi connectivity index (χ0v) is 10.5. The number of nitrogens with zero attached hydrogens (tertiary/aromatic N) is 2. The van der Waals surface area contributed by atoms with Crippen LogP contribution >= 0.6 is 0 Å². The van der Waals surface area contributed by atoms with Gasteiger partial charge in [-0.1, -0.05) is 6.07 Å². The van der Waals surface area contributed by atoms with E-state index >= 15 is 0 Å². The maximum absolute atomic E-state index is 13.5. The summed E-state index contributed by atoms with van der Waals surface area (Å²) in [5.41, 5.74) is 0.342. The first-order valence-corrected chi connectivity index (χ1v) is 5.64. The van der Waals surface area contributed by atoms with Crippen molar-refractivity contribution in [1.82, 2.24) is 0 Å². The van der Waals surface area contributed by atoms with Gasteiger partial charge in [0.1, 0.15) is 17.4 Å². The minimum absolute atomic E-state index is 0.0241. The molecular formula is C14H9FN2O3. The van der Waals surface area contributed by atoms with Crippen molar-refractivity contribution in [3.63, 3.8) is 0 Å². The molecule has 2 aromatic rings. The number of nitriles is 1. The zero-order chi connectivity index (χ0) is 14.7. The summed E-state index contributed by atoms with van der Waals surface area (Å²) in [5.74, 6) is -0.494. The molecule has 5 nitrogen and oxygen atoms in total. The highest BCUT2D eigenvalue weighted by Crippen LogP contribution is 2.29. The fraction of sp³-hybridized carbons (Fsp3) is 0.0714. The lowest BCUT2D eigenvalue weighted by molar-refractivity contribution is -0.385. The molecule has 2 rings (SSSR count). The average Bonchev–Trinajstić information content (AvgIpc) is 2.42. The average molecular weight is 272 g/mol. The number of ether oxygens (including phenoxy) is 1. The fourth-order valence-corrected chi connectivity index (χ4v) is 1.64. The van der Waals surface area contributed by atoms with Crippen LogP contribution in [0, 0.1) is 34.2 Å². The lowest BCUT2D eigenvalue weighted by Gasteiger charge is -2.07. The molecule has 6 heteroatoms. The highest BCUT2D eigenvalue weighted by atomic mass is 19.1. The first kappa shape index (κ1) is 13.5. The van der Waals surface area contributed by atoms with Gasteiger partial charge in [-0.15, -0.1) is 0 Å². The molecule has 0 bridgehead atoms. The molecule has 0 fully saturated rings. The normalized spacial score (nSPS) is 9.85. The molecule has 0 saturated heterocycles. The molecular weight excluding hydrogens is 263 g/mol. The molecule has 0 atom stereocenters. The van der Waals surface area contributed by atoms with Gasteiger partial charge in [-0.3, -0.25) is 10.1 Å². The molecule has 2 aromatic carbocycles. The van der Waals surface area contributed by atoms with Gasteiger partial charge < -0.3 is 4.74 Å². The number of halogens is 1. The van der Waals surface area contributed by atoms with E-state index in [4.69, 9.17) is 10.00 Å². The van der Waals surface area contributed by atoms with Crippen LogP contribution in [0.5, 0.6) is 11.5 Å². The molecule has 0 heterocycles. The number of aryl methyl sites for hydroxylation is 1. The van der Waals surface area contributed by atoms with E-state index < -0.39 is 10.7 Å². The van der Waals surface area contributed by atoms with Gasteiger partial charge in [-0.2, -0.15) is 5.26 Å². The highest BCUT2D eigenvalue weighted by Gasteiger charge is 2.16. The number of rotatable bonds is 3. The van der Waals surface area contributed by atoms with E-state index in [0.29, 0.717) is 0 Å². The summed E-state index contributed by atoms with van der Waals surface area (Å²) in [4.78, 5) is 10.1. The topological polar surface area (TPSA) is 76.2 Å². The third-order valence-corrected chi connectivity index (χ3v) is 2.60. The Hall–Kier alpha value is -2.94. The molecule has 20 heavy (non-hydrogen) atoms. The minimum Gasteiger partial charge on any atom is -0.454 e. The Labute approximate surface area is 114 Å². The van der Waals surface area contributed by atoms with Crippen molar-refractivity contribution in [3.8, 4) is 17.6 Å². The van der Waals surface area contributed by atoms with E-state index in [1.165, 1.54) is 24.3 Å². The Balaban J connectivity index is 2.40. The van der Waals surface area contributed by atoms with Crippen molar-refractivity contribution in [2.24, 2.45) is 0 Å². The molecule has 0 unspecified atom stereocenters. The number of hydrogen-bond acceptors (Lipinski definition) is 4. The lowest BCUT2D eigenvalue weighted by atomic mass is 10.2.